The SMILES string of the molecule is Cc1nn(CC2CC2)c(C)c1CC(=O)Nc1cccnc1C(F)(F)F. The highest BCUT2D eigenvalue weighted by Gasteiger charge is 2.35. The Balaban J connectivity index is 1.74. The Morgan fingerprint density at radius 3 is 2.72 bits per heavy atom. The van der Waals surface area contributed by atoms with Crippen LogP contribution in [0.25, 0.3) is 0 Å². The number of halogens is 3. The molecule has 1 N–H and O–H groups in total. The molecule has 8 heteroatoms. The number of nitrogens with zero attached hydrogens (tertiary/aromatic N) is 3. The molecule has 0 bridgehead atoms. The summed E-state index contributed by atoms with van der Waals surface area (Å²) in [5, 5.41) is 6.78. The summed E-state index contributed by atoms with van der Waals surface area (Å²) in [5.74, 6) is 0.125. The van der Waals surface area contributed by atoms with Crippen molar-refractivity contribution in [1.29, 1.82) is 0 Å². The molecule has 3 rings (SSSR count). The van der Waals surface area contributed by atoms with Crippen LogP contribution in [0.1, 0.15) is 35.5 Å². The van der Waals surface area contributed by atoms with Crippen LogP contribution in [0.2, 0.25) is 0 Å². The summed E-state index contributed by atoms with van der Waals surface area (Å²) in [7, 11) is 0. The van der Waals surface area contributed by atoms with E-state index in [1.807, 2.05) is 18.5 Å². The average molecular weight is 352 g/mol. The molecule has 0 atom stereocenters. The van der Waals surface area contributed by atoms with Crippen LogP contribution in [-0.2, 0) is 23.9 Å². The Kier molecular flexibility index (Phi) is 4.53. The first-order chi connectivity index (χ1) is 11.8. The van der Waals surface area contributed by atoms with Gasteiger partial charge in [0, 0.05) is 24.0 Å². The monoisotopic (exact) mass is 352 g/mol. The second kappa shape index (κ2) is 6.50. The molecule has 0 aliphatic heterocycles. The highest BCUT2D eigenvalue weighted by atomic mass is 19.4. The number of rotatable bonds is 5. The van der Waals surface area contributed by atoms with E-state index in [1.54, 1.807) is 0 Å². The number of alkyl halides is 3. The number of hydrogen-bond donors (Lipinski definition) is 1. The fourth-order valence-corrected chi connectivity index (χ4v) is 2.80. The minimum Gasteiger partial charge on any atom is -0.324 e. The van der Waals surface area contributed by atoms with Crippen molar-refractivity contribution < 1.29 is 18.0 Å². The molecule has 1 fully saturated rings. The maximum absolute atomic E-state index is 13.0. The van der Waals surface area contributed by atoms with Gasteiger partial charge in [0.15, 0.2) is 5.69 Å². The first kappa shape index (κ1) is 17.4. The number of pyridine rings is 1. The fraction of sp³-hybridized carbons (Fsp3) is 0.471. The molecular formula is C17H19F3N4O. The molecule has 2 heterocycles. The Hall–Kier alpha value is -2.38. The summed E-state index contributed by atoms with van der Waals surface area (Å²) < 4.78 is 40.8. The van der Waals surface area contributed by atoms with Gasteiger partial charge in [-0.15, -0.1) is 0 Å². The third-order valence-electron chi connectivity index (χ3n) is 4.35. The number of aromatic nitrogens is 3. The third kappa shape index (κ3) is 4.00. The molecule has 0 radical (unpaired) electrons. The molecule has 0 saturated heterocycles. The number of carbonyl (C=O) groups excluding carboxylic acids is 1. The van der Waals surface area contributed by atoms with Crippen LogP contribution in [0.5, 0.6) is 0 Å². The molecule has 1 aliphatic rings. The number of carbonyl (C=O) groups is 1. The lowest BCUT2D eigenvalue weighted by atomic mass is 10.1. The van der Waals surface area contributed by atoms with Crippen molar-refractivity contribution in [2.45, 2.75) is 45.8 Å². The zero-order valence-corrected chi connectivity index (χ0v) is 14.0. The predicted octanol–water partition coefficient (Wildman–Crippen LogP) is 3.50. The molecule has 0 spiro atoms. The maximum atomic E-state index is 13.0. The maximum Gasteiger partial charge on any atom is 0.435 e. The van der Waals surface area contributed by atoms with Crippen LogP contribution in [0.3, 0.4) is 0 Å². The van der Waals surface area contributed by atoms with E-state index in [0.29, 0.717) is 5.92 Å². The van der Waals surface area contributed by atoms with Crippen molar-refractivity contribution in [2.75, 3.05) is 5.32 Å². The third-order valence-corrected chi connectivity index (χ3v) is 4.35. The van der Waals surface area contributed by atoms with Crippen molar-refractivity contribution >= 4 is 11.6 Å². The first-order valence-electron chi connectivity index (χ1n) is 8.10. The molecule has 5 nitrogen and oxygen atoms in total. The largest absolute Gasteiger partial charge is 0.435 e. The summed E-state index contributed by atoms with van der Waals surface area (Å²) in [6.45, 7) is 4.52. The quantitative estimate of drug-likeness (QED) is 0.896. The van der Waals surface area contributed by atoms with E-state index < -0.39 is 17.8 Å². The van der Waals surface area contributed by atoms with Crippen molar-refractivity contribution in [2.24, 2.45) is 5.92 Å². The molecule has 2 aromatic rings. The average Bonchev–Trinajstić information content (AvgIpc) is 3.30. The Bertz CT molecular complexity index is 794. The van der Waals surface area contributed by atoms with Gasteiger partial charge >= 0.3 is 6.18 Å². The minimum atomic E-state index is -4.62. The lowest BCUT2D eigenvalue weighted by molar-refractivity contribution is -0.140. The molecule has 0 unspecified atom stereocenters. The molecule has 1 aliphatic carbocycles. The van der Waals surface area contributed by atoms with E-state index in [9.17, 15) is 18.0 Å². The first-order valence-corrected chi connectivity index (χ1v) is 8.10. The van der Waals surface area contributed by atoms with Gasteiger partial charge in [0.1, 0.15) is 0 Å². The highest BCUT2D eigenvalue weighted by Crippen LogP contribution is 2.33. The van der Waals surface area contributed by atoms with Crippen molar-refractivity contribution in [3.63, 3.8) is 0 Å². The molecule has 2 aromatic heterocycles. The smallest absolute Gasteiger partial charge is 0.324 e. The highest BCUT2D eigenvalue weighted by molar-refractivity contribution is 5.93. The molecule has 1 saturated carbocycles. The van der Waals surface area contributed by atoms with E-state index in [4.69, 9.17) is 0 Å². The van der Waals surface area contributed by atoms with E-state index in [1.165, 1.54) is 25.0 Å². The zero-order valence-electron chi connectivity index (χ0n) is 14.0. The fourth-order valence-electron chi connectivity index (χ4n) is 2.80. The minimum absolute atomic E-state index is 0.0193. The number of amides is 1. The number of aryl methyl sites for hydroxylation is 1. The van der Waals surface area contributed by atoms with Gasteiger partial charge in [-0.25, -0.2) is 4.98 Å². The van der Waals surface area contributed by atoms with Gasteiger partial charge in [-0.05, 0) is 44.7 Å². The summed E-state index contributed by atoms with van der Waals surface area (Å²) >= 11 is 0. The van der Waals surface area contributed by atoms with E-state index in [0.717, 1.165) is 29.7 Å². The summed E-state index contributed by atoms with van der Waals surface area (Å²) in [6, 6.07) is 2.55. The standard InChI is InChI=1S/C17H19F3N4O/c1-10-13(11(2)24(23-10)9-12-5-6-12)8-15(25)22-14-4-3-7-21-16(14)17(18,19)20/h3-4,7,12H,5-6,8-9H2,1-2H3,(H,22,25). The lowest BCUT2D eigenvalue weighted by Crippen LogP contribution is -2.19. The van der Waals surface area contributed by atoms with Crippen molar-refractivity contribution in [1.82, 2.24) is 14.8 Å². The van der Waals surface area contributed by atoms with Crippen molar-refractivity contribution in [3.05, 3.63) is 41.0 Å². The van der Waals surface area contributed by atoms with E-state index in [2.05, 4.69) is 15.4 Å². The summed E-state index contributed by atoms with van der Waals surface area (Å²) in [5.41, 5.74) is 0.954. The molecular weight excluding hydrogens is 333 g/mol. The number of anilines is 1. The Labute approximate surface area is 143 Å². The Morgan fingerprint density at radius 2 is 2.08 bits per heavy atom. The van der Waals surface area contributed by atoms with Crippen LogP contribution < -0.4 is 5.32 Å². The topological polar surface area (TPSA) is 59.8 Å². The van der Waals surface area contributed by atoms with Gasteiger partial charge in [-0.3, -0.25) is 9.48 Å². The predicted molar refractivity (Wildman–Crippen MR) is 86.0 cm³/mol. The van der Waals surface area contributed by atoms with E-state index in [-0.39, 0.29) is 12.1 Å². The van der Waals surface area contributed by atoms with Crippen LogP contribution >= 0.6 is 0 Å². The second-order valence-corrected chi connectivity index (χ2v) is 6.40. The number of nitrogens with one attached hydrogen (secondary N) is 1. The zero-order chi connectivity index (χ0) is 18.2. The van der Waals surface area contributed by atoms with Crippen molar-refractivity contribution in [3.8, 4) is 0 Å². The summed E-state index contributed by atoms with van der Waals surface area (Å²) in [6.07, 6.45) is -1.21. The van der Waals surface area contributed by atoms with Crippen LogP contribution in [0.4, 0.5) is 18.9 Å². The van der Waals surface area contributed by atoms with Crippen LogP contribution in [0, 0.1) is 19.8 Å². The van der Waals surface area contributed by atoms with Gasteiger partial charge < -0.3 is 5.32 Å². The van der Waals surface area contributed by atoms with Gasteiger partial charge in [-0.1, -0.05) is 0 Å². The van der Waals surface area contributed by atoms with Crippen LogP contribution in [-0.4, -0.2) is 20.7 Å². The van der Waals surface area contributed by atoms with Gasteiger partial charge in [0.05, 0.1) is 17.8 Å². The lowest BCUT2D eigenvalue weighted by Gasteiger charge is -2.12. The van der Waals surface area contributed by atoms with Crippen LogP contribution in [0.15, 0.2) is 18.3 Å². The van der Waals surface area contributed by atoms with E-state index >= 15 is 0 Å². The normalized spacial score (nSPS) is 14.6. The summed E-state index contributed by atoms with van der Waals surface area (Å²) in [4.78, 5) is 15.6. The number of hydrogen-bond acceptors (Lipinski definition) is 3. The molecule has 1 amide bonds. The molecule has 0 aromatic carbocycles. The van der Waals surface area contributed by atoms with Gasteiger partial charge in [-0.2, -0.15) is 18.3 Å². The van der Waals surface area contributed by atoms with Gasteiger partial charge in [0.2, 0.25) is 5.91 Å². The molecule has 25 heavy (non-hydrogen) atoms. The second-order valence-electron chi connectivity index (χ2n) is 6.40. The van der Waals surface area contributed by atoms with Gasteiger partial charge in [0.25, 0.3) is 0 Å². The molecule has 134 valence electrons. The Morgan fingerprint density at radius 1 is 1.36 bits per heavy atom.